The molecule has 16 nitrogen and oxygen atoms in total. The fourth-order valence-electron chi connectivity index (χ4n) is 3.79. The molecule has 1 aromatic heterocycles. The first-order valence-corrected chi connectivity index (χ1v) is 17.3. The van der Waals surface area contributed by atoms with Gasteiger partial charge in [0.25, 0.3) is 5.56 Å². The van der Waals surface area contributed by atoms with Gasteiger partial charge in [0.05, 0.1) is 33.0 Å². The molecule has 1 aromatic rings. The quantitative estimate of drug-likeness (QED) is 0.0442. The minimum Gasteiger partial charge on any atom is -0.465 e. The van der Waals surface area contributed by atoms with Gasteiger partial charge < -0.3 is 29.2 Å². The molecule has 0 radical (unpaired) electrons. The summed E-state index contributed by atoms with van der Waals surface area (Å²) in [7, 11) is -0.830. The molecular formula is C24H39N2O14PS2. The largest absolute Gasteiger partial charge is 0.474 e. The van der Waals surface area contributed by atoms with E-state index in [1.54, 1.807) is 0 Å². The first kappa shape index (κ1) is 37.5. The molecule has 1 saturated heterocycles. The molecule has 1 fully saturated rings. The number of carbonyl (C=O) groups is 2. The second-order valence-corrected chi connectivity index (χ2v) is 13.3. The highest BCUT2D eigenvalue weighted by molar-refractivity contribution is 8.76. The van der Waals surface area contributed by atoms with Gasteiger partial charge >= 0.3 is 25.5 Å². The van der Waals surface area contributed by atoms with E-state index in [9.17, 15) is 28.8 Å². The van der Waals surface area contributed by atoms with E-state index in [0.29, 0.717) is 12.2 Å². The third-order valence-electron chi connectivity index (χ3n) is 6.06. The van der Waals surface area contributed by atoms with Crippen LogP contribution in [0.3, 0.4) is 0 Å². The summed E-state index contributed by atoms with van der Waals surface area (Å²) in [5, 5.41) is 18.8. The number of aliphatic hydroxyl groups excluding tert-OH is 2. The van der Waals surface area contributed by atoms with Crippen LogP contribution in [0.1, 0.15) is 38.5 Å². The van der Waals surface area contributed by atoms with Crippen molar-refractivity contribution in [2.75, 3.05) is 58.4 Å². The molecule has 0 amide bonds. The molecule has 19 heteroatoms. The highest BCUT2D eigenvalue weighted by Gasteiger charge is 2.52. The van der Waals surface area contributed by atoms with Crippen LogP contribution in [-0.2, 0) is 46.7 Å². The number of nitrogens with zero attached hydrogens (tertiary/aromatic N) is 1. The number of ether oxygens (including phenoxy) is 4. The number of phosphoric ester groups is 1. The van der Waals surface area contributed by atoms with Crippen LogP contribution < -0.4 is 11.2 Å². The number of nitrogens with one attached hydrogen (secondary N) is 1. The van der Waals surface area contributed by atoms with Crippen molar-refractivity contribution in [1.82, 2.24) is 9.55 Å². The van der Waals surface area contributed by atoms with Crippen molar-refractivity contribution in [3.05, 3.63) is 32.6 Å². The zero-order valence-corrected chi connectivity index (χ0v) is 26.9. The zero-order valence-electron chi connectivity index (χ0n) is 24.4. The van der Waals surface area contributed by atoms with Gasteiger partial charge in [-0.15, -0.1) is 0 Å². The van der Waals surface area contributed by atoms with Crippen LogP contribution in [0.4, 0.5) is 0 Å². The topological polar surface area (TPSA) is 211 Å². The van der Waals surface area contributed by atoms with Crippen LogP contribution >= 0.6 is 29.4 Å². The molecule has 3 N–H and O–H groups in total. The summed E-state index contributed by atoms with van der Waals surface area (Å²) < 4.78 is 52.4. The summed E-state index contributed by atoms with van der Waals surface area (Å²) in [6, 6.07) is 0. The Morgan fingerprint density at radius 2 is 1.84 bits per heavy atom. The standard InChI is InChI=1S/C24H39N2O14PS2/c1-5-36-21(30)24(22(31)37-6-2,13-35-15-43-42-9-7-8-27)14-38-41(33,34-4)40-17-10-19(39-18(17)12-28)26-11-16(3)20(29)25-23(26)32/h11,17-19,27-28H,5-10,12-15H2,1-4H3,(H,25,29,32)/t17?,18-,19-,41?/m1/s1. The molecule has 4 atom stereocenters. The van der Waals surface area contributed by atoms with Crippen LogP contribution in [0, 0.1) is 12.3 Å². The summed E-state index contributed by atoms with van der Waals surface area (Å²) in [5.74, 6) is -1.38. The van der Waals surface area contributed by atoms with Crippen molar-refractivity contribution >= 4 is 41.3 Å². The van der Waals surface area contributed by atoms with Crippen LogP contribution in [0.25, 0.3) is 0 Å². The molecule has 0 saturated carbocycles. The van der Waals surface area contributed by atoms with Crippen molar-refractivity contribution in [3.63, 3.8) is 0 Å². The third kappa shape index (κ3) is 10.4. The van der Waals surface area contributed by atoms with Gasteiger partial charge in [-0.2, -0.15) is 0 Å². The van der Waals surface area contributed by atoms with E-state index < -0.39 is 74.7 Å². The highest BCUT2D eigenvalue weighted by atomic mass is 33.1. The Labute approximate surface area is 256 Å². The monoisotopic (exact) mass is 674 g/mol. The lowest BCUT2D eigenvalue weighted by Gasteiger charge is -2.30. The molecule has 0 aliphatic carbocycles. The SMILES string of the molecule is CCOC(=O)C(COCSSCCCO)(COP(=O)(OC)OC1C[C@H](n2cc(C)c(=O)[nH]c2=O)O[C@@H]1CO)C(=O)OCC. The van der Waals surface area contributed by atoms with Crippen molar-refractivity contribution < 1.29 is 56.9 Å². The van der Waals surface area contributed by atoms with Crippen molar-refractivity contribution in [2.45, 2.75) is 52.0 Å². The molecule has 0 aromatic carbocycles. The number of hydrogen-bond donors (Lipinski definition) is 3. The van der Waals surface area contributed by atoms with E-state index in [2.05, 4.69) is 4.98 Å². The van der Waals surface area contributed by atoms with Crippen LogP contribution in [0.15, 0.2) is 15.8 Å². The summed E-state index contributed by atoms with van der Waals surface area (Å²) in [4.78, 5) is 52.5. The Morgan fingerprint density at radius 3 is 2.42 bits per heavy atom. The van der Waals surface area contributed by atoms with Gasteiger partial charge in [0, 0.05) is 37.7 Å². The smallest absolute Gasteiger partial charge is 0.465 e. The fourth-order valence-corrected chi connectivity index (χ4v) is 6.68. The number of carbonyl (C=O) groups excluding carboxylic acids is 2. The van der Waals surface area contributed by atoms with Gasteiger partial charge in [-0.25, -0.2) is 9.36 Å². The Morgan fingerprint density at radius 1 is 1.16 bits per heavy atom. The summed E-state index contributed by atoms with van der Waals surface area (Å²) >= 11 is 0. The molecular weight excluding hydrogens is 635 g/mol. The predicted octanol–water partition coefficient (Wildman–Crippen LogP) is 1.13. The summed E-state index contributed by atoms with van der Waals surface area (Å²) in [6.45, 7) is 2.40. The van der Waals surface area contributed by atoms with Gasteiger partial charge in [0.1, 0.15) is 24.4 Å². The molecule has 0 bridgehead atoms. The van der Waals surface area contributed by atoms with Gasteiger partial charge in [-0.05, 0) is 27.2 Å². The predicted molar refractivity (Wildman–Crippen MR) is 155 cm³/mol. The van der Waals surface area contributed by atoms with Gasteiger partial charge in [0.15, 0.2) is 0 Å². The van der Waals surface area contributed by atoms with Gasteiger partial charge in [0.2, 0.25) is 5.41 Å². The molecule has 2 unspecified atom stereocenters. The normalized spacial score (nSPS) is 20.1. The number of aliphatic hydroxyl groups is 2. The number of esters is 2. The number of rotatable bonds is 20. The molecule has 43 heavy (non-hydrogen) atoms. The first-order valence-electron chi connectivity index (χ1n) is 13.3. The van der Waals surface area contributed by atoms with Gasteiger partial charge in [-0.1, -0.05) is 21.6 Å². The fraction of sp³-hybridized carbons (Fsp3) is 0.750. The van der Waals surface area contributed by atoms with E-state index in [1.165, 1.54) is 48.6 Å². The number of H-pyrrole nitrogens is 1. The summed E-state index contributed by atoms with van der Waals surface area (Å²) in [5.41, 5.74) is -3.30. The highest BCUT2D eigenvalue weighted by Crippen LogP contribution is 2.53. The molecule has 246 valence electrons. The molecule has 2 heterocycles. The second kappa shape index (κ2) is 18.3. The lowest BCUT2D eigenvalue weighted by molar-refractivity contribution is -0.179. The maximum atomic E-state index is 13.6. The minimum absolute atomic E-state index is 0.0419. The molecule has 0 spiro atoms. The average Bonchev–Trinajstić information content (AvgIpc) is 3.38. The number of aromatic amines is 1. The van der Waals surface area contributed by atoms with Crippen molar-refractivity contribution in [3.8, 4) is 0 Å². The van der Waals surface area contributed by atoms with Crippen LogP contribution in [0.5, 0.6) is 0 Å². The van der Waals surface area contributed by atoms with Crippen molar-refractivity contribution in [2.24, 2.45) is 5.41 Å². The maximum Gasteiger partial charge on any atom is 0.474 e. The van der Waals surface area contributed by atoms with E-state index in [4.69, 9.17) is 37.6 Å². The lowest BCUT2D eigenvalue weighted by atomic mass is 9.90. The number of aromatic nitrogens is 2. The van der Waals surface area contributed by atoms with Crippen LogP contribution in [0.2, 0.25) is 0 Å². The molecule has 1 aliphatic rings. The van der Waals surface area contributed by atoms with Crippen LogP contribution in [-0.4, -0.2) is 102 Å². The van der Waals surface area contributed by atoms with E-state index >= 15 is 0 Å². The zero-order chi connectivity index (χ0) is 32.0. The second-order valence-electron chi connectivity index (χ2n) is 9.08. The Kier molecular flexibility index (Phi) is 15.9. The number of hydrogen-bond acceptors (Lipinski definition) is 16. The number of aryl methyl sites for hydroxylation is 1. The van der Waals surface area contributed by atoms with E-state index in [-0.39, 0.29) is 37.7 Å². The minimum atomic E-state index is -4.56. The van der Waals surface area contributed by atoms with E-state index in [0.717, 1.165) is 11.7 Å². The Bertz CT molecular complexity index is 1190. The average molecular weight is 675 g/mol. The lowest BCUT2D eigenvalue weighted by Crippen LogP contribution is -2.49. The molecule has 1 aliphatic heterocycles. The summed E-state index contributed by atoms with van der Waals surface area (Å²) in [6.07, 6.45) is -1.47. The molecule has 2 rings (SSSR count). The van der Waals surface area contributed by atoms with E-state index in [1.807, 2.05) is 0 Å². The van der Waals surface area contributed by atoms with Gasteiger partial charge in [-0.3, -0.25) is 37.5 Å². The Balaban J connectivity index is 2.24. The van der Waals surface area contributed by atoms with Crippen molar-refractivity contribution in [1.29, 1.82) is 0 Å². The maximum absolute atomic E-state index is 13.6. The first-order chi connectivity index (χ1) is 20.5. The Hall–Kier alpha value is -1.73. The third-order valence-corrected chi connectivity index (χ3v) is 9.65. The number of phosphoric acid groups is 1.